The molecule has 0 saturated heterocycles. The number of carbonyl (C=O) groups is 1. The molecule has 0 aliphatic rings. The molecular weight excluding hydrogens is 398 g/mol. The highest BCUT2D eigenvalue weighted by Crippen LogP contribution is 2.34. The van der Waals surface area contributed by atoms with Crippen LogP contribution in [0.4, 0.5) is 0 Å². The molecule has 0 fully saturated rings. The number of hydrogen-bond donors (Lipinski definition) is 1. The number of benzene rings is 1. The number of amides is 1. The number of hydrogen-bond acceptors (Lipinski definition) is 6. The normalized spacial score (nSPS) is 10.7. The average Bonchev–Trinajstić information content (AvgIpc) is 3.39. The van der Waals surface area contributed by atoms with E-state index < -0.39 is 5.91 Å². The molecule has 2 N–H and O–H groups in total. The van der Waals surface area contributed by atoms with Gasteiger partial charge >= 0.3 is 0 Å². The van der Waals surface area contributed by atoms with E-state index in [4.69, 9.17) is 5.73 Å². The van der Waals surface area contributed by atoms with Gasteiger partial charge in [-0.05, 0) is 17.2 Å². The number of carbonyl (C=O) groups excluding carboxylic acids is 2. The molecule has 3 aromatic heterocycles. The summed E-state index contributed by atoms with van der Waals surface area (Å²) in [6, 6.07) is 9.88. The maximum Gasteiger partial charge on any atom is 0.258 e. The fraction of sp³-hybridized carbons (Fsp3) is 0.136. The van der Waals surface area contributed by atoms with E-state index in [2.05, 4.69) is 10.1 Å². The third-order valence-corrected chi connectivity index (χ3v) is 5.91. The molecule has 1 aromatic carbocycles. The van der Waals surface area contributed by atoms with Gasteiger partial charge in [-0.1, -0.05) is 24.3 Å². The first kappa shape index (κ1) is 19.6. The maximum atomic E-state index is 11.5. The third kappa shape index (κ3) is 3.74. The highest BCUT2D eigenvalue weighted by Gasteiger charge is 2.12. The lowest BCUT2D eigenvalue weighted by atomic mass is 10.0. The minimum Gasteiger partial charge on any atom is -0.371 e. The van der Waals surface area contributed by atoms with Gasteiger partial charge in [-0.3, -0.25) is 14.5 Å². The van der Waals surface area contributed by atoms with E-state index in [0.717, 1.165) is 32.3 Å². The van der Waals surface area contributed by atoms with E-state index in [0.29, 0.717) is 17.1 Å². The second-order valence-electron chi connectivity index (χ2n) is 7.02. The Labute approximate surface area is 177 Å². The van der Waals surface area contributed by atoms with Crippen LogP contribution in [0.25, 0.3) is 32.3 Å². The molecular formula is C22H19N5O2S. The third-order valence-electron chi connectivity index (χ3n) is 4.82. The molecule has 0 unspecified atom stereocenters. The minimum atomic E-state index is -0.434. The second-order valence-corrected chi connectivity index (χ2v) is 8.10. The fourth-order valence-corrected chi connectivity index (χ4v) is 4.08. The number of nitrogens with zero attached hydrogens (tertiary/aromatic N) is 4. The van der Waals surface area contributed by atoms with Crippen LogP contribution in [0.2, 0.25) is 0 Å². The van der Waals surface area contributed by atoms with Crippen molar-refractivity contribution < 1.29 is 9.59 Å². The minimum absolute atomic E-state index is 0.364. The van der Waals surface area contributed by atoms with Gasteiger partial charge in [-0.15, -0.1) is 11.3 Å². The van der Waals surface area contributed by atoms with E-state index in [9.17, 15) is 9.59 Å². The molecule has 4 rings (SSSR count). The summed E-state index contributed by atoms with van der Waals surface area (Å²) in [4.78, 5) is 29.1. The number of thiophene rings is 1. The molecule has 0 atom stereocenters. The lowest BCUT2D eigenvalue weighted by Gasteiger charge is -2.12. The molecule has 30 heavy (non-hydrogen) atoms. The fourth-order valence-electron chi connectivity index (χ4n) is 3.17. The summed E-state index contributed by atoms with van der Waals surface area (Å²) in [6.45, 7) is 0.364. The zero-order chi connectivity index (χ0) is 21.3. The Kier molecular flexibility index (Phi) is 5.18. The van der Waals surface area contributed by atoms with Crippen molar-refractivity contribution in [1.82, 2.24) is 19.7 Å². The quantitative estimate of drug-likeness (QED) is 0.486. The van der Waals surface area contributed by atoms with Gasteiger partial charge in [-0.25, -0.2) is 4.79 Å². The van der Waals surface area contributed by atoms with E-state index in [-0.39, 0.29) is 0 Å². The van der Waals surface area contributed by atoms with Crippen molar-refractivity contribution >= 4 is 33.3 Å². The van der Waals surface area contributed by atoms with E-state index in [1.165, 1.54) is 11.3 Å². The van der Waals surface area contributed by atoms with Gasteiger partial charge in [-0.2, -0.15) is 5.10 Å². The predicted molar refractivity (Wildman–Crippen MR) is 118 cm³/mol. The van der Waals surface area contributed by atoms with Gasteiger partial charge in [0.2, 0.25) is 0 Å². The van der Waals surface area contributed by atoms with Gasteiger partial charge in [0, 0.05) is 49.2 Å². The van der Waals surface area contributed by atoms with Crippen LogP contribution in [-0.2, 0) is 11.3 Å². The zero-order valence-electron chi connectivity index (χ0n) is 16.5. The number of aromatic nitrogens is 3. The SMILES string of the molecule is CN(C)C(=C=O)Cn1cc(-c2ccc(-c3cncc4sc(C(N)=O)cc34)cc2)cn1. The van der Waals surface area contributed by atoms with Gasteiger partial charge in [0.05, 0.1) is 22.3 Å². The largest absolute Gasteiger partial charge is 0.371 e. The van der Waals surface area contributed by atoms with Crippen molar-refractivity contribution in [1.29, 1.82) is 0 Å². The first-order valence-corrected chi connectivity index (χ1v) is 10.00. The summed E-state index contributed by atoms with van der Waals surface area (Å²) < 4.78 is 2.64. The van der Waals surface area contributed by atoms with Crippen molar-refractivity contribution in [2.75, 3.05) is 14.1 Å². The van der Waals surface area contributed by atoms with Crippen LogP contribution in [0.5, 0.6) is 0 Å². The van der Waals surface area contributed by atoms with Crippen molar-refractivity contribution in [3.8, 4) is 22.3 Å². The van der Waals surface area contributed by atoms with E-state index in [1.54, 1.807) is 42.3 Å². The molecule has 7 nitrogen and oxygen atoms in total. The number of allylic oxidation sites excluding steroid dienone is 1. The van der Waals surface area contributed by atoms with Crippen molar-refractivity contribution in [3.63, 3.8) is 0 Å². The highest BCUT2D eigenvalue weighted by molar-refractivity contribution is 7.20. The first-order valence-electron chi connectivity index (χ1n) is 9.18. The maximum absolute atomic E-state index is 11.5. The molecule has 0 aliphatic heterocycles. The summed E-state index contributed by atoms with van der Waals surface area (Å²) in [5.41, 5.74) is 9.85. The predicted octanol–water partition coefficient (Wildman–Crippen LogP) is 3.20. The molecule has 4 aromatic rings. The number of rotatable bonds is 6. The average molecular weight is 417 g/mol. The lowest BCUT2D eigenvalue weighted by Crippen LogP contribution is -2.17. The number of fused-ring (bicyclic) bond motifs is 1. The molecule has 3 heterocycles. The molecule has 0 spiro atoms. The topological polar surface area (TPSA) is 94.1 Å². The Hall–Kier alpha value is -3.74. The Balaban J connectivity index is 1.62. The van der Waals surface area contributed by atoms with Crippen LogP contribution in [0, 0.1) is 0 Å². The summed E-state index contributed by atoms with van der Waals surface area (Å²) >= 11 is 1.34. The van der Waals surface area contributed by atoms with Crippen molar-refractivity contribution in [2.24, 2.45) is 5.73 Å². The molecule has 0 radical (unpaired) electrons. The summed E-state index contributed by atoms with van der Waals surface area (Å²) in [5, 5.41) is 5.30. The molecule has 1 amide bonds. The molecule has 8 heteroatoms. The smallest absolute Gasteiger partial charge is 0.258 e. The van der Waals surface area contributed by atoms with Crippen LogP contribution in [0.15, 0.2) is 60.8 Å². The number of primary amides is 1. The van der Waals surface area contributed by atoms with Gasteiger partial charge in [0.1, 0.15) is 11.6 Å². The molecule has 0 aliphatic carbocycles. The first-order chi connectivity index (χ1) is 14.5. The van der Waals surface area contributed by atoms with Crippen molar-refractivity contribution in [3.05, 3.63) is 65.7 Å². The zero-order valence-corrected chi connectivity index (χ0v) is 17.3. The van der Waals surface area contributed by atoms with Crippen LogP contribution in [-0.4, -0.2) is 45.6 Å². The van der Waals surface area contributed by atoms with E-state index >= 15 is 0 Å². The number of likely N-dealkylation sites (N-methyl/N-ethyl adjacent to an activating group) is 1. The van der Waals surface area contributed by atoms with Crippen LogP contribution in [0.1, 0.15) is 9.67 Å². The molecule has 0 bridgehead atoms. The standard InChI is InChI=1S/C22H19N5O2S/c1-26(2)17(13-28)12-27-11-16(8-25-27)14-3-5-15(6-4-14)19-9-24-10-21-18(19)7-20(30-21)22(23)29/h3-11H,12H2,1-2H3,(H2,23,29). The second kappa shape index (κ2) is 7.94. The highest BCUT2D eigenvalue weighted by atomic mass is 32.1. The van der Waals surface area contributed by atoms with Gasteiger partial charge in [0.25, 0.3) is 5.91 Å². The lowest BCUT2D eigenvalue weighted by molar-refractivity contribution is 0.100. The molecule has 0 saturated carbocycles. The van der Waals surface area contributed by atoms with E-state index in [1.807, 2.05) is 42.5 Å². The number of pyridine rings is 1. The Bertz CT molecular complexity index is 1280. The summed E-state index contributed by atoms with van der Waals surface area (Å²) in [7, 11) is 3.61. The number of nitrogens with two attached hydrogens (primary N) is 1. The van der Waals surface area contributed by atoms with Crippen molar-refractivity contribution in [2.45, 2.75) is 6.54 Å². The van der Waals surface area contributed by atoms with Gasteiger partial charge < -0.3 is 10.6 Å². The van der Waals surface area contributed by atoms with Crippen LogP contribution in [0.3, 0.4) is 0 Å². The Morgan fingerprint density at radius 3 is 2.53 bits per heavy atom. The van der Waals surface area contributed by atoms with Crippen LogP contribution >= 0.6 is 11.3 Å². The Morgan fingerprint density at radius 2 is 1.87 bits per heavy atom. The van der Waals surface area contributed by atoms with Gasteiger partial charge in [0.15, 0.2) is 0 Å². The summed E-state index contributed by atoms with van der Waals surface area (Å²) in [6.07, 6.45) is 7.21. The molecule has 150 valence electrons. The summed E-state index contributed by atoms with van der Waals surface area (Å²) in [5.74, 6) is 1.51. The monoisotopic (exact) mass is 417 g/mol. The van der Waals surface area contributed by atoms with Crippen LogP contribution < -0.4 is 5.73 Å². The Morgan fingerprint density at radius 1 is 1.13 bits per heavy atom.